The quantitative estimate of drug-likeness (QED) is 0.341. The maximum absolute atomic E-state index is 12.8. The van der Waals surface area contributed by atoms with Crippen LogP contribution >= 0.6 is 0 Å². The third-order valence-electron chi connectivity index (χ3n) is 5.23. The molecule has 0 unspecified atom stereocenters. The van der Waals surface area contributed by atoms with Crippen molar-refractivity contribution in [3.63, 3.8) is 0 Å². The summed E-state index contributed by atoms with van der Waals surface area (Å²) in [6.07, 6.45) is 3.03. The highest BCUT2D eigenvalue weighted by Gasteiger charge is 2.22. The SMILES string of the molecule is C=CCN(CC=C)S(=O)(=O)c1ccc(C(=O)Nc2ccc(-c3nc4ccccc4[nH]3)cc2)cc1. The lowest BCUT2D eigenvalue weighted by Crippen LogP contribution is -2.31. The van der Waals surface area contributed by atoms with E-state index in [2.05, 4.69) is 28.4 Å². The topological polar surface area (TPSA) is 95.2 Å². The van der Waals surface area contributed by atoms with Crippen LogP contribution in [-0.4, -0.2) is 41.7 Å². The van der Waals surface area contributed by atoms with Gasteiger partial charge in [0.1, 0.15) is 5.82 Å². The van der Waals surface area contributed by atoms with Gasteiger partial charge in [0.05, 0.1) is 15.9 Å². The van der Waals surface area contributed by atoms with E-state index in [-0.39, 0.29) is 23.9 Å². The molecule has 0 aliphatic rings. The molecular weight excluding hydrogens is 448 g/mol. The average Bonchev–Trinajstić information content (AvgIpc) is 3.29. The molecule has 0 radical (unpaired) electrons. The van der Waals surface area contributed by atoms with Crippen molar-refractivity contribution in [1.82, 2.24) is 14.3 Å². The van der Waals surface area contributed by atoms with Crippen LogP contribution in [0.5, 0.6) is 0 Å². The highest BCUT2D eigenvalue weighted by atomic mass is 32.2. The number of H-pyrrole nitrogens is 1. The van der Waals surface area contributed by atoms with Gasteiger partial charge in [0, 0.05) is 29.9 Å². The molecule has 172 valence electrons. The minimum atomic E-state index is -3.72. The number of nitrogens with one attached hydrogen (secondary N) is 2. The number of rotatable bonds is 9. The van der Waals surface area contributed by atoms with E-state index in [0.29, 0.717) is 11.3 Å². The zero-order valence-corrected chi connectivity index (χ0v) is 19.3. The maximum atomic E-state index is 12.8. The van der Waals surface area contributed by atoms with E-state index in [9.17, 15) is 13.2 Å². The first-order chi connectivity index (χ1) is 16.4. The Kier molecular flexibility index (Phi) is 6.72. The molecule has 0 spiro atoms. The number of amides is 1. The van der Waals surface area contributed by atoms with Crippen molar-refractivity contribution in [2.24, 2.45) is 0 Å². The van der Waals surface area contributed by atoms with Crippen LogP contribution in [0.3, 0.4) is 0 Å². The smallest absolute Gasteiger partial charge is 0.255 e. The highest BCUT2D eigenvalue weighted by Crippen LogP contribution is 2.23. The number of hydrogen-bond acceptors (Lipinski definition) is 4. The number of sulfonamides is 1. The van der Waals surface area contributed by atoms with E-state index in [1.165, 1.54) is 40.7 Å². The predicted molar refractivity (Wildman–Crippen MR) is 135 cm³/mol. The minimum Gasteiger partial charge on any atom is -0.338 e. The van der Waals surface area contributed by atoms with E-state index in [0.717, 1.165) is 22.4 Å². The minimum absolute atomic E-state index is 0.0999. The Morgan fingerprint density at radius 2 is 1.59 bits per heavy atom. The number of aromatic nitrogens is 2. The largest absolute Gasteiger partial charge is 0.338 e. The van der Waals surface area contributed by atoms with Crippen molar-refractivity contribution in [2.75, 3.05) is 18.4 Å². The van der Waals surface area contributed by atoms with E-state index in [4.69, 9.17) is 0 Å². The Morgan fingerprint density at radius 1 is 0.941 bits per heavy atom. The molecule has 4 rings (SSSR count). The number of fused-ring (bicyclic) bond motifs is 1. The number of benzene rings is 3. The van der Waals surface area contributed by atoms with Gasteiger partial charge in [-0.3, -0.25) is 4.79 Å². The van der Waals surface area contributed by atoms with Crippen LogP contribution in [0.25, 0.3) is 22.4 Å². The number of para-hydroxylation sites is 2. The zero-order valence-electron chi connectivity index (χ0n) is 18.4. The van der Waals surface area contributed by atoms with Gasteiger partial charge in [0.15, 0.2) is 0 Å². The van der Waals surface area contributed by atoms with Gasteiger partial charge in [-0.25, -0.2) is 13.4 Å². The molecule has 1 heterocycles. The van der Waals surface area contributed by atoms with Crippen molar-refractivity contribution in [3.05, 3.63) is 104 Å². The Morgan fingerprint density at radius 3 is 2.21 bits per heavy atom. The summed E-state index contributed by atoms with van der Waals surface area (Å²) in [6, 6.07) is 21.0. The average molecular weight is 473 g/mol. The molecular formula is C26H24N4O3S. The van der Waals surface area contributed by atoms with Crippen LogP contribution in [-0.2, 0) is 10.0 Å². The summed E-state index contributed by atoms with van der Waals surface area (Å²) in [4.78, 5) is 20.6. The van der Waals surface area contributed by atoms with E-state index in [1.807, 2.05) is 36.4 Å². The number of anilines is 1. The Labute approximate surface area is 198 Å². The number of imidazole rings is 1. The lowest BCUT2D eigenvalue weighted by atomic mass is 10.1. The lowest BCUT2D eigenvalue weighted by Gasteiger charge is -2.19. The first-order valence-corrected chi connectivity index (χ1v) is 12.0. The number of nitrogens with zero attached hydrogens (tertiary/aromatic N) is 2. The third kappa shape index (κ3) is 4.83. The van der Waals surface area contributed by atoms with Crippen molar-refractivity contribution >= 4 is 32.7 Å². The molecule has 3 aromatic carbocycles. The summed E-state index contributed by atoms with van der Waals surface area (Å²) in [5.41, 5.74) is 3.70. The lowest BCUT2D eigenvalue weighted by molar-refractivity contribution is 0.102. The first-order valence-electron chi connectivity index (χ1n) is 10.6. The molecule has 0 aliphatic heterocycles. The van der Waals surface area contributed by atoms with Gasteiger partial charge in [0.2, 0.25) is 10.0 Å². The molecule has 8 heteroatoms. The van der Waals surface area contributed by atoms with Crippen LogP contribution in [0.4, 0.5) is 5.69 Å². The highest BCUT2D eigenvalue weighted by molar-refractivity contribution is 7.89. The number of aromatic amines is 1. The van der Waals surface area contributed by atoms with Gasteiger partial charge < -0.3 is 10.3 Å². The summed E-state index contributed by atoms with van der Waals surface area (Å²) in [6.45, 7) is 7.54. The fourth-order valence-electron chi connectivity index (χ4n) is 3.49. The van der Waals surface area contributed by atoms with Crippen LogP contribution in [0.1, 0.15) is 10.4 Å². The van der Waals surface area contributed by atoms with Crippen LogP contribution in [0.2, 0.25) is 0 Å². The molecule has 0 saturated heterocycles. The zero-order chi connectivity index (χ0) is 24.1. The first kappa shape index (κ1) is 23.2. The van der Waals surface area contributed by atoms with Gasteiger partial charge in [-0.1, -0.05) is 24.3 Å². The molecule has 1 amide bonds. The van der Waals surface area contributed by atoms with Crippen LogP contribution in [0, 0.1) is 0 Å². The molecule has 0 saturated carbocycles. The van der Waals surface area contributed by atoms with Crippen molar-refractivity contribution in [3.8, 4) is 11.4 Å². The van der Waals surface area contributed by atoms with Crippen LogP contribution < -0.4 is 5.32 Å². The van der Waals surface area contributed by atoms with Crippen LogP contribution in [0.15, 0.2) is 103 Å². The molecule has 0 aliphatic carbocycles. The maximum Gasteiger partial charge on any atom is 0.255 e. The molecule has 4 aromatic rings. The Balaban J connectivity index is 1.46. The molecule has 0 bridgehead atoms. The monoisotopic (exact) mass is 472 g/mol. The Hall–Kier alpha value is -4.01. The molecule has 0 atom stereocenters. The van der Waals surface area contributed by atoms with Crippen molar-refractivity contribution < 1.29 is 13.2 Å². The molecule has 7 nitrogen and oxygen atoms in total. The molecule has 0 fully saturated rings. The number of carbonyl (C=O) groups is 1. The van der Waals surface area contributed by atoms with Gasteiger partial charge >= 0.3 is 0 Å². The number of carbonyl (C=O) groups excluding carboxylic acids is 1. The van der Waals surface area contributed by atoms with Gasteiger partial charge in [-0.2, -0.15) is 4.31 Å². The second kappa shape index (κ2) is 9.86. The number of hydrogen-bond donors (Lipinski definition) is 2. The predicted octanol–water partition coefficient (Wildman–Crippen LogP) is 4.84. The van der Waals surface area contributed by atoms with E-state index < -0.39 is 10.0 Å². The summed E-state index contributed by atoms with van der Waals surface area (Å²) in [5.74, 6) is 0.410. The van der Waals surface area contributed by atoms with Gasteiger partial charge in [-0.15, -0.1) is 13.2 Å². The second-order valence-electron chi connectivity index (χ2n) is 7.56. The van der Waals surface area contributed by atoms with E-state index >= 15 is 0 Å². The molecule has 34 heavy (non-hydrogen) atoms. The summed E-state index contributed by atoms with van der Waals surface area (Å²) in [5, 5.41) is 2.83. The fourth-order valence-corrected chi connectivity index (χ4v) is 4.87. The third-order valence-corrected chi connectivity index (χ3v) is 7.07. The standard InChI is InChI=1S/C26H24N4O3S/c1-3-17-30(18-4-2)34(32,33)22-15-11-20(12-16-22)26(31)27-21-13-9-19(10-14-21)25-28-23-7-5-6-8-24(23)29-25/h3-16H,1-2,17-18H2,(H,27,31)(H,28,29). The fraction of sp³-hybridized carbons (Fsp3) is 0.0769. The Bertz CT molecular complexity index is 1400. The summed E-state index contributed by atoms with van der Waals surface area (Å²) in [7, 11) is -3.72. The molecule has 2 N–H and O–H groups in total. The summed E-state index contributed by atoms with van der Waals surface area (Å²) < 4.78 is 26.9. The molecule has 1 aromatic heterocycles. The normalized spacial score (nSPS) is 11.4. The van der Waals surface area contributed by atoms with Gasteiger partial charge in [-0.05, 0) is 60.7 Å². The second-order valence-corrected chi connectivity index (χ2v) is 9.50. The van der Waals surface area contributed by atoms with Crippen molar-refractivity contribution in [1.29, 1.82) is 0 Å². The summed E-state index contributed by atoms with van der Waals surface area (Å²) >= 11 is 0. The van der Waals surface area contributed by atoms with Crippen molar-refractivity contribution in [2.45, 2.75) is 4.90 Å². The van der Waals surface area contributed by atoms with E-state index in [1.54, 1.807) is 12.1 Å². The van der Waals surface area contributed by atoms with Gasteiger partial charge in [0.25, 0.3) is 5.91 Å².